The minimum atomic E-state index is -0.402. The van der Waals surface area contributed by atoms with E-state index in [1.165, 1.54) is 0 Å². The molecule has 90 valence electrons. The minimum Gasteiger partial charge on any atom is -0.382 e. The van der Waals surface area contributed by atoms with Crippen molar-refractivity contribution in [3.63, 3.8) is 0 Å². The molecule has 0 aromatic heterocycles. The van der Waals surface area contributed by atoms with E-state index in [0.717, 1.165) is 19.3 Å². The SMILES string of the molecule is CCCC[C@H](N)C(=O)NC(C)(C)COC. The van der Waals surface area contributed by atoms with Crippen molar-refractivity contribution in [3.05, 3.63) is 0 Å². The fraction of sp³-hybridized carbons (Fsp3) is 0.909. The fourth-order valence-corrected chi connectivity index (χ4v) is 1.38. The molecule has 15 heavy (non-hydrogen) atoms. The summed E-state index contributed by atoms with van der Waals surface area (Å²) in [6.07, 6.45) is 2.78. The average molecular weight is 216 g/mol. The molecule has 4 heteroatoms. The molecule has 0 aliphatic carbocycles. The number of hydrogen-bond acceptors (Lipinski definition) is 3. The Balaban J connectivity index is 4.00. The molecular formula is C11H24N2O2. The molecule has 0 unspecified atom stereocenters. The molecule has 1 amide bonds. The van der Waals surface area contributed by atoms with Crippen LogP contribution in [-0.4, -0.2) is 31.2 Å². The van der Waals surface area contributed by atoms with Crippen LogP contribution in [0.25, 0.3) is 0 Å². The lowest BCUT2D eigenvalue weighted by Gasteiger charge is -2.27. The van der Waals surface area contributed by atoms with Gasteiger partial charge in [-0.1, -0.05) is 19.8 Å². The largest absolute Gasteiger partial charge is 0.382 e. The Morgan fingerprint density at radius 1 is 1.53 bits per heavy atom. The first kappa shape index (κ1) is 14.4. The number of rotatable bonds is 7. The number of amides is 1. The van der Waals surface area contributed by atoms with Gasteiger partial charge in [-0.2, -0.15) is 0 Å². The highest BCUT2D eigenvalue weighted by Gasteiger charge is 2.23. The van der Waals surface area contributed by atoms with E-state index in [4.69, 9.17) is 10.5 Å². The van der Waals surface area contributed by atoms with Gasteiger partial charge in [-0.3, -0.25) is 4.79 Å². The topological polar surface area (TPSA) is 64.4 Å². The molecule has 0 aromatic carbocycles. The summed E-state index contributed by atoms with van der Waals surface area (Å²) in [6.45, 7) is 6.40. The highest BCUT2D eigenvalue weighted by Crippen LogP contribution is 2.04. The summed E-state index contributed by atoms with van der Waals surface area (Å²) in [7, 11) is 1.62. The van der Waals surface area contributed by atoms with Gasteiger partial charge < -0.3 is 15.8 Å². The zero-order chi connectivity index (χ0) is 11.9. The Labute approximate surface area is 92.6 Å². The van der Waals surface area contributed by atoms with Crippen molar-refractivity contribution in [2.75, 3.05) is 13.7 Å². The predicted octanol–water partition coefficient (Wildman–Crippen LogP) is 1.05. The molecule has 0 heterocycles. The van der Waals surface area contributed by atoms with Gasteiger partial charge in [-0.15, -0.1) is 0 Å². The molecule has 0 spiro atoms. The fourth-order valence-electron chi connectivity index (χ4n) is 1.38. The number of carbonyl (C=O) groups excluding carboxylic acids is 1. The van der Waals surface area contributed by atoms with Crippen molar-refractivity contribution in [2.24, 2.45) is 5.73 Å². The third-order valence-corrected chi connectivity index (χ3v) is 2.17. The number of nitrogens with two attached hydrogens (primary N) is 1. The molecule has 0 radical (unpaired) electrons. The summed E-state index contributed by atoms with van der Waals surface area (Å²) in [5, 5.41) is 2.88. The lowest BCUT2D eigenvalue weighted by atomic mass is 10.0. The monoisotopic (exact) mass is 216 g/mol. The van der Waals surface area contributed by atoms with Crippen LogP contribution in [0.1, 0.15) is 40.0 Å². The van der Waals surface area contributed by atoms with E-state index in [2.05, 4.69) is 12.2 Å². The number of ether oxygens (including phenoxy) is 1. The van der Waals surface area contributed by atoms with E-state index >= 15 is 0 Å². The Bertz CT molecular complexity index is 193. The number of hydrogen-bond donors (Lipinski definition) is 2. The van der Waals surface area contributed by atoms with Crippen LogP contribution in [0.15, 0.2) is 0 Å². The van der Waals surface area contributed by atoms with E-state index < -0.39 is 6.04 Å². The van der Waals surface area contributed by atoms with Crippen LogP contribution in [0.4, 0.5) is 0 Å². The summed E-state index contributed by atoms with van der Waals surface area (Å²) in [6, 6.07) is -0.402. The second kappa shape index (κ2) is 6.80. The van der Waals surface area contributed by atoms with Gasteiger partial charge >= 0.3 is 0 Å². The molecule has 4 nitrogen and oxygen atoms in total. The van der Waals surface area contributed by atoms with Crippen molar-refractivity contribution in [3.8, 4) is 0 Å². The van der Waals surface area contributed by atoms with Gasteiger partial charge in [-0.25, -0.2) is 0 Å². The molecule has 0 rings (SSSR count). The maximum Gasteiger partial charge on any atom is 0.237 e. The van der Waals surface area contributed by atoms with Crippen molar-refractivity contribution >= 4 is 5.91 Å². The summed E-state index contributed by atoms with van der Waals surface area (Å²) in [5.74, 6) is -0.0921. The summed E-state index contributed by atoms with van der Waals surface area (Å²) in [5.41, 5.74) is 5.40. The van der Waals surface area contributed by atoms with Crippen molar-refractivity contribution in [1.82, 2.24) is 5.32 Å². The summed E-state index contributed by atoms with van der Waals surface area (Å²) in [4.78, 5) is 11.6. The van der Waals surface area contributed by atoms with Crippen LogP contribution in [0, 0.1) is 0 Å². The quantitative estimate of drug-likeness (QED) is 0.668. The van der Waals surface area contributed by atoms with Gasteiger partial charge in [0.1, 0.15) is 0 Å². The Morgan fingerprint density at radius 3 is 2.60 bits per heavy atom. The normalized spacial score (nSPS) is 13.7. The van der Waals surface area contributed by atoms with Crippen molar-refractivity contribution < 1.29 is 9.53 Å². The Morgan fingerprint density at radius 2 is 2.13 bits per heavy atom. The first-order valence-corrected chi connectivity index (χ1v) is 5.49. The maximum absolute atomic E-state index is 11.6. The second-order valence-corrected chi connectivity index (χ2v) is 4.55. The maximum atomic E-state index is 11.6. The highest BCUT2D eigenvalue weighted by atomic mass is 16.5. The highest BCUT2D eigenvalue weighted by molar-refractivity contribution is 5.82. The van der Waals surface area contributed by atoms with E-state index in [0.29, 0.717) is 6.61 Å². The molecule has 0 aliphatic heterocycles. The molecule has 3 N–H and O–H groups in total. The third-order valence-electron chi connectivity index (χ3n) is 2.17. The van der Waals surface area contributed by atoms with Crippen LogP contribution in [0.5, 0.6) is 0 Å². The first-order chi connectivity index (χ1) is 6.93. The smallest absolute Gasteiger partial charge is 0.237 e. The molecule has 0 saturated heterocycles. The lowest BCUT2D eigenvalue weighted by molar-refractivity contribution is -0.124. The number of carbonyl (C=O) groups is 1. The molecule has 0 aromatic rings. The van der Waals surface area contributed by atoms with Crippen LogP contribution in [-0.2, 0) is 9.53 Å². The van der Waals surface area contributed by atoms with E-state index in [-0.39, 0.29) is 11.4 Å². The minimum absolute atomic E-state index is 0.0921. The molecule has 1 atom stereocenters. The average Bonchev–Trinajstić information content (AvgIpc) is 2.13. The van der Waals surface area contributed by atoms with Crippen LogP contribution in [0.2, 0.25) is 0 Å². The standard InChI is InChI=1S/C11H24N2O2/c1-5-6-7-9(12)10(14)13-11(2,3)8-15-4/h9H,5-8,12H2,1-4H3,(H,13,14)/t9-/m0/s1. The third kappa shape index (κ3) is 6.47. The zero-order valence-corrected chi connectivity index (χ0v) is 10.3. The van der Waals surface area contributed by atoms with Gasteiger partial charge in [0.25, 0.3) is 0 Å². The van der Waals surface area contributed by atoms with Crippen LogP contribution in [0.3, 0.4) is 0 Å². The van der Waals surface area contributed by atoms with Crippen molar-refractivity contribution in [2.45, 2.75) is 51.6 Å². The van der Waals surface area contributed by atoms with E-state index in [9.17, 15) is 4.79 Å². The first-order valence-electron chi connectivity index (χ1n) is 5.49. The Kier molecular flexibility index (Phi) is 6.52. The van der Waals surface area contributed by atoms with Gasteiger partial charge in [0, 0.05) is 7.11 Å². The summed E-state index contributed by atoms with van der Waals surface area (Å²) < 4.78 is 5.01. The van der Waals surface area contributed by atoms with E-state index in [1.807, 2.05) is 13.8 Å². The second-order valence-electron chi connectivity index (χ2n) is 4.55. The van der Waals surface area contributed by atoms with Crippen LogP contribution < -0.4 is 11.1 Å². The van der Waals surface area contributed by atoms with Gasteiger partial charge in [-0.05, 0) is 20.3 Å². The molecular weight excluding hydrogens is 192 g/mol. The van der Waals surface area contributed by atoms with Crippen LogP contribution >= 0.6 is 0 Å². The van der Waals surface area contributed by atoms with Gasteiger partial charge in [0.2, 0.25) is 5.91 Å². The van der Waals surface area contributed by atoms with Gasteiger partial charge in [0.05, 0.1) is 18.2 Å². The Hall–Kier alpha value is -0.610. The number of unbranched alkanes of at least 4 members (excludes halogenated alkanes) is 1. The zero-order valence-electron chi connectivity index (χ0n) is 10.3. The molecule has 0 aliphatic rings. The van der Waals surface area contributed by atoms with Crippen molar-refractivity contribution in [1.29, 1.82) is 0 Å². The summed E-state index contributed by atoms with van der Waals surface area (Å²) >= 11 is 0. The predicted molar refractivity (Wildman–Crippen MR) is 61.6 cm³/mol. The van der Waals surface area contributed by atoms with Gasteiger partial charge in [0.15, 0.2) is 0 Å². The number of nitrogens with one attached hydrogen (secondary N) is 1. The van der Waals surface area contributed by atoms with E-state index in [1.54, 1.807) is 7.11 Å². The molecule has 0 fully saturated rings. The molecule has 0 saturated carbocycles. The lowest BCUT2D eigenvalue weighted by Crippen LogP contribution is -2.52. The molecule has 0 bridgehead atoms. The number of methoxy groups -OCH3 is 1.